The topological polar surface area (TPSA) is 9.23 Å². The molecule has 1 nitrogen and oxygen atoms in total. The van der Waals surface area contributed by atoms with Gasteiger partial charge in [-0.1, -0.05) is 13.3 Å². The van der Waals surface area contributed by atoms with E-state index in [0.29, 0.717) is 6.61 Å². The molecule has 0 heterocycles. The number of alkyl halides is 1. The van der Waals surface area contributed by atoms with Gasteiger partial charge in [0.2, 0.25) is 0 Å². The molecular formula is C7H15FO. The fourth-order valence-corrected chi connectivity index (χ4v) is 0.473. The number of rotatable bonds is 5. The van der Waals surface area contributed by atoms with E-state index in [9.17, 15) is 4.39 Å². The van der Waals surface area contributed by atoms with Gasteiger partial charge in [-0.05, 0) is 13.3 Å². The SMILES string of the molecule is CCCCOC(C)CF. The fourth-order valence-electron chi connectivity index (χ4n) is 0.473. The molecule has 0 spiro atoms. The van der Waals surface area contributed by atoms with Gasteiger partial charge in [0.1, 0.15) is 6.67 Å². The summed E-state index contributed by atoms with van der Waals surface area (Å²) in [5.41, 5.74) is 0. The van der Waals surface area contributed by atoms with Crippen molar-refractivity contribution >= 4 is 0 Å². The first-order valence-corrected chi connectivity index (χ1v) is 3.48. The van der Waals surface area contributed by atoms with E-state index in [4.69, 9.17) is 4.74 Å². The van der Waals surface area contributed by atoms with Gasteiger partial charge in [-0.15, -0.1) is 0 Å². The summed E-state index contributed by atoms with van der Waals surface area (Å²) in [6.07, 6.45) is 1.93. The van der Waals surface area contributed by atoms with Crippen LogP contribution >= 0.6 is 0 Å². The van der Waals surface area contributed by atoms with Crippen LogP contribution in [0.5, 0.6) is 0 Å². The van der Waals surface area contributed by atoms with E-state index in [2.05, 4.69) is 6.92 Å². The lowest BCUT2D eigenvalue weighted by molar-refractivity contribution is 0.0468. The first-order chi connectivity index (χ1) is 4.31. The molecule has 0 aromatic carbocycles. The zero-order valence-corrected chi connectivity index (χ0v) is 6.19. The van der Waals surface area contributed by atoms with Crippen LogP contribution in [-0.4, -0.2) is 19.4 Å². The normalized spacial score (nSPS) is 13.7. The Bertz CT molecular complexity index is 56.9. The van der Waals surface area contributed by atoms with Crippen LogP contribution in [0.15, 0.2) is 0 Å². The maximum atomic E-state index is 11.7. The Kier molecular flexibility index (Phi) is 5.94. The Labute approximate surface area is 56.2 Å². The van der Waals surface area contributed by atoms with E-state index in [1.807, 2.05) is 0 Å². The van der Waals surface area contributed by atoms with Crippen LogP contribution in [0.3, 0.4) is 0 Å². The standard InChI is InChI=1S/C7H15FO/c1-3-4-5-9-7(2)6-8/h7H,3-6H2,1-2H3. The summed E-state index contributed by atoms with van der Waals surface area (Å²) in [6, 6.07) is 0. The Hall–Kier alpha value is -0.110. The average molecular weight is 134 g/mol. The number of halogens is 1. The van der Waals surface area contributed by atoms with E-state index >= 15 is 0 Å². The van der Waals surface area contributed by atoms with Crippen molar-refractivity contribution in [3.63, 3.8) is 0 Å². The van der Waals surface area contributed by atoms with Gasteiger partial charge in [0.25, 0.3) is 0 Å². The quantitative estimate of drug-likeness (QED) is 0.523. The Balaban J connectivity index is 2.88. The largest absolute Gasteiger partial charge is 0.376 e. The molecule has 2 heteroatoms. The lowest BCUT2D eigenvalue weighted by Crippen LogP contribution is -2.10. The van der Waals surface area contributed by atoms with Crippen LogP contribution in [0.4, 0.5) is 4.39 Å². The van der Waals surface area contributed by atoms with Gasteiger partial charge in [-0.25, -0.2) is 4.39 Å². The second kappa shape index (κ2) is 6.02. The van der Waals surface area contributed by atoms with E-state index in [-0.39, 0.29) is 12.8 Å². The molecule has 9 heavy (non-hydrogen) atoms. The van der Waals surface area contributed by atoms with Crippen LogP contribution in [-0.2, 0) is 4.74 Å². The number of unbranched alkanes of at least 4 members (excludes halogenated alkanes) is 1. The van der Waals surface area contributed by atoms with Gasteiger partial charge < -0.3 is 4.74 Å². The molecule has 56 valence electrons. The monoisotopic (exact) mass is 134 g/mol. The lowest BCUT2D eigenvalue weighted by Gasteiger charge is -2.06. The molecule has 0 rings (SSSR count). The van der Waals surface area contributed by atoms with Crippen molar-refractivity contribution in [1.82, 2.24) is 0 Å². The third kappa shape index (κ3) is 5.77. The summed E-state index contributed by atoms with van der Waals surface area (Å²) in [7, 11) is 0. The minimum Gasteiger partial charge on any atom is -0.376 e. The highest BCUT2D eigenvalue weighted by Crippen LogP contribution is 1.94. The molecule has 0 N–H and O–H groups in total. The lowest BCUT2D eigenvalue weighted by atomic mass is 10.3. The van der Waals surface area contributed by atoms with Crippen molar-refractivity contribution in [2.24, 2.45) is 0 Å². The highest BCUT2D eigenvalue weighted by molar-refractivity contribution is 4.44. The molecule has 1 unspecified atom stereocenters. The Morgan fingerprint density at radius 3 is 2.67 bits per heavy atom. The molecule has 0 aromatic heterocycles. The van der Waals surface area contributed by atoms with Crippen molar-refractivity contribution in [3.05, 3.63) is 0 Å². The molecule has 1 atom stereocenters. The molecule has 0 aromatic rings. The summed E-state index contributed by atoms with van der Waals surface area (Å²) in [4.78, 5) is 0. The van der Waals surface area contributed by atoms with Crippen molar-refractivity contribution in [2.75, 3.05) is 13.3 Å². The molecule has 0 aliphatic carbocycles. The van der Waals surface area contributed by atoms with E-state index in [1.54, 1.807) is 6.92 Å². The predicted molar refractivity (Wildman–Crippen MR) is 36.3 cm³/mol. The molecule has 0 aliphatic rings. The van der Waals surface area contributed by atoms with Crippen molar-refractivity contribution < 1.29 is 9.13 Å². The van der Waals surface area contributed by atoms with Crippen molar-refractivity contribution in [2.45, 2.75) is 32.8 Å². The first-order valence-electron chi connectivity index (χ1n) is 3.48. The number of ether oxygens (including phenoxy) is 1. The number of hydrogen-bond acceptors (Lipinski definition) is 1. The van der Waals surface area contributed by atoms with Crippen LogP contribution < -0.4 is 0 Å². The van der Waals surface area contributed by atoms with Gasteiger partial charge in [0.15, 0.2) is 0 Å². The molecule has 0 amide bonds. The number of hydrogen-bond donors (Lipinski definition) is 0. The van der Waals surface area contributed by atoms with E-state index in [0.717, 1.165) is 12.8 Å². The molecular weight excluding hydrogens is 119 g/mol. The predicted octanol–water partition coefficient (Wildman–Crippen LogP) is 2.16. The molecule has 0 radical (unpaired) electrons. The van der Waals surface area contributed by atoms with Crippen LogP contribution in [0.25, 0.3) is 0 Å². The van der Waals surface area contributed by atoms with E-state index in [1.165, 1.54) is 0 Å². The summed E-state index contributed by atoms with van der Waals surface area (Å²) in [5.74, 6) is 0. The zero-order valence-electron chi connectivity index (χ0n) is 6.19. The maximum Gasteiger partial charge on any atom is 0.115 e. The minimum atomic E-state index is -0.371. The fraction of sp³-hybridized carbons (Fsp3) is 1.00. The van der Waals surface area contributed by atoms with Crippen LogP contribution in [0.1, 0.15) is 26.7 Å². The average Bonchev–Trinajstić information content (AvgIpc) is 1.89. The highest BCUT2D eigenvalue weighted by atomic mass is 19.1. The smallest absolute Gasteiger partial charge is 0.115 e. The third-order valence-electron chi connectivity index (χ3n) is 1.12. The highest BCUT2D eigenvalue weighted by Gasteiger charge is 1.97. The third-order valence-corrected chi connectivity index (χ3v) is 1.12. The Morgan fingerprint density at radius 2 is 2.22 bits per heavy atom. The minimum absolute atomic E-state index is 0.212. The molecule has 0 fully saturated rings. The molecule has 0 saturated heterocycles. The van der Waals surface area contributed by atoms with Gasteiger partial charge in [-0.3, -0.25) is 0 Å². The summed E-state index contributed by atoms with van der Waals surface area (Å²) in [6.45, 7) is 4.16. The van der Waals surface area contributed by atoms with Gasteiger partial charge >= 0.3 is 0 Å². The first kappa shape index (κ1) is 8.89. The van der Waals surface area contributed by atoms with Gasteiger partial charge in [-0.2, -0.15) is 0 Å². The van der Waals surface area contributed by atoms with Crippen molar-refractivity contribution in [1.29, 1.82) is 0 Å². The van der Waals surface area contributed by atoms with Gasteiger partial charge in [0.05, 0.1) is 6.10 Å². The summed E-state index contributed by atoms with van der Waals surface area (Å²) >= 11 is 0. The second-order valence-corrected chi connectivity index (χ2v) is 2.19. The van der Waals surface area contributed by atoms with E-state index < -0.39 is 0 Å². The summed E-state index contributed by atoms with van der Waals surface area (Å²) in [5, 5.41) is 0. The van der Waals surface area contributed by atoms with Crippen LogP contribution in [0, 0.1) is 0 Å². The molecule has 0 aliphatic heterocycles. The molecule has 0 saturated carbocycles. The zero-order chi connectivity index (χ0) is 7.11. The maximum absolute atomic E-state index is 11.7. The van der Waals surface area contributed by atoms with Crippen LogP contribution in [0.2, 0.25) is 0 Å². The van der Waals surface area contributed by atoms with Crippen molar-refractivity contribution in [3.8, 4) is 0 Å². The summed E-state index contributed by atoms with van der Waals surface area (Å²) < 4.78 is 16.7. The van der Waals surface area contributed by atoms with Gasteiger partial charge in [0, 0.05) is 6.61 Å². The Morgan fingerprint density at radius 1 is 1.56 bits per heavy atom. The molecule has 0 bridgehead atoms. The second-order valence-electron chi connectivity index (χ2n) is 2.19.